The molecule has 1 aliphatic heterocycles. The molecule has 0 unspecified atom stereocenters. The fraction of sp³-hybridized carbons (Fsp3) is 0.130. The molecule has 4 rings (SSSR count). The highest BCUT2D eigenvalue weighted by Gasteiger charge is 2.25. The molecule has 0 saturated carbocycles. The molecule has 0 amide bonds. The molecule has 0 nitrogen and oxygen atoms in total. The Morgan fingerprint density at radius 1 is 0.625 bits per heavy atom. The fourth-order valence-electron chi connectivity index (χ4n) is 3.29. The molecule has 0 aromatic heterocycles. The van der Waals surface area contributed by atoms with E-state index in [0.717, 1.165) is 6.42 Å². The zero-order valence-corrected chi connectivity index (χ0v) is 14.3. The van der Waals surface area contributed by atoms with Crippen LogP contribution < -0.4 is 0 Å². The first-order valence-corrected chi connectivity index (χ1v) is 9.32. The first kappa shape index (κ1) is 15.3. The van der Waals surface area contributed by atoms with Gasteiger partial charge < -0.3 is 0 Å². The van der Waals surface area contributed by atoms with Gasteiger partial charge in [-0.3, -0.25) is 0 Å². The van der Waals surface area contributed by atoms with Gasteiger partial charge in [-0.1, -0.05) is 97.1 Å². The van der Waals surface area contributed by atoms with Gasteiger partial charge in [0.2, 0.25) is 0 Å². The third-order valence-corrected chi connectivity index (χ3v) is 5.92. The lowest BCUT2D eigenvalue weighted by molar-refractivity contribution is 0.720. The van der Waals surface area contributed by atoms with Gasteiger partial charge in [0.15, 0.2) is 0 Å². The van der Waals surface area contributed by atoms with E-state index in [2.05, 4.69) is 97.1 Å². The van der Waals surface area contributed by atoms with Gasteiger partial charge in [-0.25, -0.2) is 0 Å². The van der Waals surface area contributed by atoms with E-state index < -0.39 is 0 Å². The van der Waals surface area contributed by atoms with Crippen molar-refractivity contribution in [3.63, 3.8) is 0 Å². The molecular weight excluding hydrogens is 308 g/mol. The molecule has 0 N–H and O–H groups in total. The van der Waals surface area contributed by atoms with Crippen molar-refractivity contribution in [2.24, 2.45) is 0 Å². The van der Waals surface area contributed by atoms with Gasteiger partial charge in [0.1, 0.15) is 0 Å². The van der Waals surface area contributed by atoms with E-state index in [9.17, 15) is 0 Å². The molecule has 0 radical (unpaired) electrons. The second-order valence-electron chi connectivity index (χ2n) is 6.17. The summed E-state index contributed by atoms with van der Waals surface area (Å²) in [5.41, 5.74) is 4.15. The zero-order chi connectivity index (χ0) is 16.2. The minimum Gasteiger partial charge on any atom is -0.118 e. The van der Waals surface area contributed by atoms with Gasteiger partial charge in [-0.15, -0.1) is 11.8 Å². The van der Waals surface area contributed by atoms with E-state index in [1.54, 1.807) is 0 Å². The molecule has 0 bridgehead atoms. The van der Waals surface area contributed by atoms with Gasteiger partial charge in [0.25, 0.3) is 0 Å². The van der Waals surface area contributed by atoms with E-state index in [-0.39, 0.29) is 0 Å². The van der Waals surface area contributed by atoms with Crippen LogP contribution in [0.4, 0.5) is 0 Å². The zero-order valence-electron chi connectivity index (χ0n) is 13.5. The van der Waals surface area contributed by atoms with Crippen LogP contribution in [0.1, 0.15) is 34.3 Å². The van der Waals surface area contributed by atoms with Gasteiger partial charge in [-0.2, -0.15) is 0 Å². The first-order valence-electron chi connectivity index (χ1n) is 8.44. The average Bonchev–Trinajstić information content (AvgIpc) is 2.70. The SMILES string of the molecule is C1=C(c2ccccc2)S[C@@H](c2ccccc2)C[C@@H]1c1ccccc1. The lowest BCUT2D eigenvalue weighted by atomic mass is 9.90. The molecule has 1 heterocycles. The maximum atomic E-state index is 2.45. The maximum Gasteiger partial charge on any atom is 0.0353 e. The molecule has 1 heteroatoms. The van der Waals surface area contributed by atoms with E-state index in [0.29, 0.717) is 11.2 Å². The minimum atomic E-state index is 0.466. The second kappa shape index (κ2) is 7.11. The maximum absolute atomic E-state index is 2.45. The van der Waals surface area contributed by atoms with Crippen LogP contribution in [-0.2, 0) is 0 Å². The Balaban J connectivity index is 1.73. The second-order valence-corrected chi connectivity index (χ2v) is 7.41. The molecule has 0 spiro atoms. The quantitative estimate of drug-likeness (QED) is 0.516. The molecule has 3 aromatic carbocycles. The first-order chi connectivity index (χ1) is 11.9. The fourth-order valence-corrected chi connectivity index (χ4v) is 4.71. The summed E-state index contributed by atoms with van der Waals surface area (Å²) in [6.45, 7) is 0. The van der Waals surface area contributed by atoms with Gasteiger partial charge in [-0.05, 0) is 23.1 Å². The molecule has 2 atom stereocenters. The summed E-state index contributed by atoms with van der Waals surface area (Å²) in [7, 11) is 0. The molecular formula is C23H20S. The third kappa shape index (κ3) is 3.32. The van der Waals surface area contributed by atoms with Gasteiger partial charge in [0.05, 0.1) is 0 Å². The number of hydrogen-bond acceptors (Lipinski definition) is 1. The Hall–Kier alpha value is -2.25. The normalized spacial score (nSPS) is 20.4. The van der Waals surface area contributed by atoms with Crippen molar-refractivity contribution < 1.29 is 0 Å². The number of rotatable bonds is 3. The predicted molar refractivity (Wildman–Crippen MR) is 105 cm³/mol. The molecule has 118 valence electrons. The average molecular weight is 328 g/mol. The van der Waals surface area contributed by atoms with Gasteiger partial charge >= 0.3 is 0 Å². The van der Waals surface area contributed by atoms with Gasteiger partial charge in [0, 0.05) is 16.1 Å². The smallest absolute Gasteiger partial charge is 0.0353 e. The number of thioether (sulfide) groups is 1. The monoisotopic (exact) mass is 328 g/mol. The molecule has 1 aliphatic rings. The Morgan fingerprint density at radius 2 is 1.17 bits per heavy atom. The van der Waals surface area contributed by atoms with Crippen LogP contribution in [-0.4, -0.2) is 0 Å². The van der Waals surface area contributed by atoms with Crippen molar-refractivity contribution in [3.8, 4) is 0 Å². The lowest BCUT2D eigenvalue weighted by Gasteiger charge is -2.29. The van der Waals surface area contributed by atoms with Crippen LogP contribution in [0.25, 0.3) is 4.91 Å². The van der Waals surface area contributed by atoms with Crippen LogP contribution >= 0.6 is 11.8 Å². The minimum absolute atomic E-state index is 0.466. The Kier molecular flexibility index (Phi) is 4.53. The van der Waals surface area contributed by atoms with E-state index in [1.165, 1.54) is 21.6 Å². The van der Waals surface area contributed by atoms with Crippen molar-refractivity contribution >= 4 is 16.7 Å². The number of benzene rings is 3. The van der Waals surface area contributed by atoms with Crippen LogP contribution in [0.5, 0.6) is 0 Å². The Labute approximate surface area is 148 Å². The van der Waals surface area contributed by atoms with E-state index in [1.807, 2.05) is 11.8 Å². The van der Waals surface area contributed by atoms with Crippen molar-refractivity contribution in [1.29, 1.82) is 0 Å². The summed E-state index contributed by atoms with van der Waals surface area (Å²) in [6, 6.07) is 32.6. The molecule has 0 saturated heterocycles. The summed E-state index contributed by atoms with van der Waals surface area (Å²) in [6.07, 6.45) is 3.60. The summed E-state index contributed by atoms with van der Waals surface area (Å²) in [5.74, 6) is 0.466. The van der Waals surface area contributed by atoms with Crippen LogP contribution in [0.3, 0.4) is 0 Å². The van der Waals surface area contributed by atoms with Crippen LogP contribution in [0, 0.1) is 0 Å². The van der Waals surface area contributed by atoms with Crippen LogP contribution in [0.15, 0.2) is 97.1 Å². The molecule has 0 aliphatic carbocycles. The number of allylic oxidation sites excluding steroid dienone is 1. The Morgan fingerprint density at radius 3 is 1.79 bits per heavy atom. The predicted octanol–water partition coefficient (Wildman–Crippen LogP) is 6.69. The van der Waals surface area contributed by atoms with Crippen LogP contribution in [0.2, 0.25) is 0 Å². The van der Waals surface area contributed by atoms with Crippen molar-refractivity contribution in [3.05, 3.63) is 114 Å². The lowest BCUT2D eigenvalue weighted by Crippen LogP contribution is -2.08. The summed E-state index contributed by atoms with van der Waals surface area (Å²) < 4.78 is 0. The standard InChI is InChI=1S/C23H20S/c1-4-10-18(11-5-1)21-16-22(19-12-6-2-7-13-19)24-23(17-21)20-14-8-3-9-15-20/h1-16,21,23H,17H2/t21-,23-/m1/s1. The van der Waals surface area contributed by atoms with E-state index in [4.69, 9.17) is 0 Å². The largest absolute Gasteiger partial charge is 0.118 e. The highest BCUT2D eigenvalue weighted by Crippen LogP contribution is 2.50. The van der Waals surface area contributed by atoms with Crippen molar-refractivity contribution in [1.82, 2.24) is 0 Å². The topological polar surface area (TPSA) is 0 Å². The van der Waals surface area contributed by atoms with Crippen molar-refractivity contribution in [2.45, 2.75) is 17.6 Å². The highest BCUT2D eigenvalue weighted by atomic mass is 32.2. The highest BCUT2D eigenvalue weighted by molar-refractivity contribution is 8.08. The third-order valence-electron chi connectivity index (χ3n) is 4.55. The molecule has 0 fully saturated rings. The summed E-state index contributed by atoms with van der Waals surface area (Å²) in [5, 5.41) is 0.497. The summed E-state index contributed by atoms with van der Waals surface area (Å²) in [4.78, 5) is 1.39. The van der Waals surface area contributed by atoms with Crippen molar-refractivity contribution in [2.75, 3.05) is 0 Å². The summed E-state index contributed by atoms with van der Waals surface area (Å²) >= 11 is 2.00. The number of hydrogen-bond donors (Lipinski definition) is 0. The molecule has 3 aromatic rings. The Bertz CT molecular complexity index is 806. The molecule has 24 heavy (non-hydrogen) atoms. The van der Waals surface area contributed by atoms with E-state index >= 15 is 0 Å².